The Morgan fingerprint density at radius 3 is 2.60 bits per heavy atom. The molecule has 0 aliphatic heterocycles. The molecule has 0 saturated carbocycles. The van der Waals surface area contributed by atoms with E-state index in [0.29, 0.717) is 17.2 Å². The van der Waals surface area contributed by atoms with Gasteiger partial charge in [0.05, 0.1) is 5.56 Å². The summed E-state index contributed by atoms with van der Waals surface area (Å²) in [4.78, 5) is 12.7. The minimum atomic E-state index is -0.581. The average Bonchev–Trinajstić information content (AvgIpc) is 3.43. The maximum absolute atomic E-state index is 12.7. The first kappa shape index (κ1) is 18.2. The highest BCUT2D eigenvalue weighted by molar-refractivity contribution is 6.08. The van der Waals surface area contributed by atoms with E-state index in [2.05, 4.69) is 10.2 Å². The number of fused-ring (bicyclic) bond motifs is 3. The van der Waals surface area contributed by atoms with Crippen molar-refractivity contribution in [1.82, 2.24) is 10.2 Å². The fraction of sp³-hybridized carbons (Fsp3) is 0.174. The summed E-state index contributed by atoms with van der Waals surface area (Å²) in [5.74, 6) is 1.54. The van der Waals surface area contributed by atoms with Gasteiger partial charge in [0.25, 0.3) is 11.8 Å². The van der Waals surface area contributed by atoms with Crippen LogP contribution in [0.1, 0.15) is 33.5 Å². The number of rotatable bonds is 4. The van der Waals surface area contributed by atoms with Crippen LogP contribution in [-0.2, 0) is 11.3 Å². The van der Waals surface area contributed by atoms with E-state index in [-0.39, 0.29) is 18.3 Å². The fourth-order valence-corrected chi connectivity index (χ4v) is 3.60. The molecule has 7 heteroatoms. The summed E-state index contributed by atoms with van der Waals surface area (Å²) in [6, 6.07) is 13.6. The quantitative estimate of drug-likeness (QED) is 0.366. The van der Waals surface area contributed by atoms with Crippen LogP contribution in [0.15, 0.2) is 55.7 Å². The molecule has 0 aliphatic carbocycles. The molecular formula is C23H18N2O5. The molecule has 5 rings (SSSR count). The Morgan fingerprint density at radius 1 is 0.967 bits per heavy atom. The van der Waals surface area contributed by atoms with Crippen LogP contribution in [0, 0.1) is 20.8 Å². The van der Waals surface area contributed by atoms with Crippen molar-refractivity contribution >= 4 is 27.7 Å². The van der Waals surface area contributed by atoms with Gasteiger partial charge in [0.2, 0.25) is 5.76 Å². The van der Waals surface area contributed by atoms with Crippen molar-refractivity contribution < 1.29 is 22.8 Å². The summed E-state index contributed by atoms with van der Waals surface area (Å²) in [5.41, 5.74) is 2.12. The molecule has 7 nitrogen and oxygen atoms in total. The summed E-state index contributed by atoms with van der Waals surface area (Å²) < 4.78 is 22.4. The van der Waals surface area contributed by atoms with E-state index in [1.165, 1.54) is 0 Å². The smallest absolute Gasteiger partial charge is 0.375 e. The first-order valence-electron chi connectivity index (χ1n) is 9.49. The lowest BCUT2D eigenvalue weighted by atomic mass is 10.1. The van der Waals surface area contributed by atoms with Gasteiger partial charge in [0, 0.05) is 16.3 Å². The number of benzene rings is 2. The predicted octanol–water partition coefficient (Wildman–Crippen LogP) is 5.51. The van der Waals surface area contributed by atoms with E-state index in [1.807, 2.05) is 63.2 Å². The van der Waals surface area contributed by atoms with Gasteiger partial charge < -0.3 is 18.0 Å². The van der Waals surface area contributed by atoms with E-state index in [1.54, 1.807) is 0 Å². The van der Waals surface area contributed by atoms with Gasteiger partial charge in [-0.3, -0.25) is 0 Å². The molecule has 0 spiro atoms. The molecule has 0 radical (unpaired) electrons. The number of nitrogens with zero attached hydrogens (tertiary/aromatic N) is 2. The van der Waals surface area contributed by atoms with Crippen molar-refractivity contribution in [3.63, 3.8) is 0 Å². The van der Waals surface area contributed by atoms with Gasteiger partial charge in [0.1, 0.15) is 17.1 Å². The molecular weight excluding hydrogens is 384 g/mol. The summed E-state index contributed by atoms with van der Waals surface area (Å²) >= 11 is 0. The van der Waals surface area contributed by atoms with Crippen LogP contribution in [0.4, 0.5) is 0 Å². The summed E-state index contributed by atoms with van der Waals surface area (Å²) in [7, 11) is 0. The van der Waals surface area contributed by atoms with Crippen molar-refractivity contribution in [2.45, 2.75) is 27.4 Å². The van der Waals surface area contributed by atoms with Crippen LogP contribution in [0.25, 0.3) is 33.2 Å². The topological polar surface area (TPSA) is 91.5 Å². The third kappa shape index (κ3) is 2.95. The average molecular weight is 402 g/mol. The number of aryl methyl sites for hydroxylation is 3. The zero-order valence-electron chi connectivity index (χ0n) is 16.7. The second-order valence-electron chi connectivity index (χ2n) is 7.12. The third-order valence-corrected chi connectivity index (χ3v) is 5.08. The molecule has 30 heavy (non-hydrogen) atoms. The number of aromatic nitrogens is 2. The minimum Gasteiger partial charge on any atom is -0.466 e. The van der Waals surface area contributed by atoms with E-state index < -0.39 is 5.97 Å². The van der Waals surface area contributed by atoms with E-state index in [0.717, 1.165) is 33.0 Å². The predicted molar refractivity (Wildman–Crippen MR) is 109 cm³/mol. The second-order valence-corrected chi connectivity index (χ2v) is 7.12. The summed E-state index contributed by atoms with van der Waals surface area (Å²) in [5, 5.41) is 10.8. The van der Waals surface area contributed by atoms with Gasteiger partial charge >= 0.3 is 5.97 Å². The van der Waals surface area contributed by atoms with Crippen LogP contribution in [0.2, 0.25) is 0 Å². The summed E-state index contributed by atoms with van der Waals surface area (Å²) in [6.45, 7) is 5.35. The molecule has 0 amide bonds. The lowest BCUT2D eigenvalue weighted by Crippen LogP contribution is -2.05. The second kappa shape index (κ2) is 6.88. The third-order valence-electron chi connectivity index (χ3n) is 5.08. The molecule has 0 fully saturated rings. The maximum Gasteiger partial charge on any atom is 0.375 e. The SMILES string of the molecule is Cc1cc(-c2nnc(COC(=O)c3oc4c(ccc5ccccc54)c3C)o2)c(C)o1. The van der Waals surface area contributed by atoms with Gasteiger partial charge in [-0.25, -0.2) is 4.79 Å². The molecule has 0 saturated heterocycles. The number of carbonyl (C=O) groups excluding carboxylic acids is 1. The van der Waals surface area contributed by atoms with Crippen molar-refractivity contribution in [2.24, 2.45) is 0 Å². The Bertz CT molecular complexity index is 1410. The highest BCUT2D eigenvalue weighted by Gasteiger charge is 2.22. The van der Waals surface area contributed by atoms with Gasteiger partial charge in [-0.2, -0.15) is 0 Å². The first-order chi connectivity index (χ1) is 14.5. The van der Waals surface area contributed by atoms with Crippen molar-refractivity contribution in [2.75, 3.05) is 0 Å². The van der Waals surface area contributed by atoms with E-state index in [4.69, 9.17) is 18.0 Å². The molecule has 0 aliphatic rings. The Balaban J connectivity index is 1.38. The number of ether oxygens (including phenoxy) is 1. The van der Waals surface area contributed by atoms with Gasteiger partial charge in [-0.15, -0.1) is 10.2 Å². The summed E-state index contributed by atoms with van der Waals surface area (Å²) in [6.07, 6.45) is 0. The van der Waals surface area contributed by atoms with Crippen LogP contribution in [-0.4, -0.2) is 16.2 Å². The standard InChI is InChI=1S/C23H18N2O5/c1-12-10-18(14(3)28-12)22-25-24-19(29-22)11-27-23(26)20-13(2)16-9-8-15-6-4-5-7-17(15)21(16)30-20/h4-10H,11H2,1-3H3. The molecule has 3 heterocycles. The Labute approximate surface area is 171 Å². The monoisotopic (exact) mass is 402 g/mol. The molecule has 5 aromatic rings. The maximum atomic E-state index is 12.7. The molecule has 150 valence electrons. The molecule has 0 atom stereocenters. The van der Waals surface area contributed by atoms with E-state index in [9.17, 15) is 4.79 Å². The first-order valence-corrected chi connectivity index (χ1v) is 9.49. The van der Waals surface area contributed by atoms with Gasteiger partial charge in [-0.1, -0.05) is 36.4 Å². The van der Waals surface area contributed by atoms with Crippen molar-refractivity contribution in [3.05, 3.63) is 71.2 Å². The van der Waals surface area contributed by atoms with Crippen LogP contribution in [0.5, 0.6) is 0 Å². The zero-order valence-corrected chi connectivity index (χ0v) is 16.7. The lowest BCUT2D eigenvalue weighted by Gasteiger charge is -1.99. The molecule has 0 N–H and O–H groups in total. The van der Waals surface area contributed by atoms with Crippen LogP contribution >= 0.6 is 0 Å². The Morgan fingerprint density at radius 2 is 1.80 bits per heavy atom. The van der Waals surface area contributed by atoms with Crippen molar-refractivity contribution in [1.29, 1.82) is 0 Å². The van der Waals surface area contributed by atoms with Gasteiger partial charge in [-0.05, 0) is 32.2 Å². The molecule has 2 aromatic carbocycles. The minimum absolute atomic E-state index is 0.154. The number of hydrogen-bond donors (Lipinski definition) is 0. The Hall–Kier alpha value is -3.87. The largest absolute Gasteiger partial charge is 0.466 e. The number of carbonyl (C=O) groups is 1. The number of furan rings is 2. The van der Waals surface area contributed by atoms with Crippen LogP contribution < -0.4 is 0 Å². The number of hydrogen-bond acceptors (Lipinski definition) is 7. The van der Waals surface area contributed by atoms with Crippen LogP contribution in [0.3, 0.4) is 0 Å². The van der Waals surface area contributed by atoms with Crippen molar-refractivity contribution in [3.8, 4) is 11.5 Å². The highest BCUT2D eigenvalue weighted by atomic mass is 16.6. The molecule has 3 aromatic heterocycles. The Kier molecular flexibility index (Phi) is 4.17. The zero-order chi connectivity index (χ0) is 20.8. The molecule has 0 unspecified atom stereocenters. The fourth-order valence-electron chi connectivity index (χ4n) is 3.60. The van der Waals surface area contributed by atoms with Gasteiger partial charge in [0.15, 0.2) is 6.61 Å². The number of esters is 1. The lowest BCUT2D eigenvalue weighted by molar-refractivity contribution is 0.0404. The molecule has 0 bridgehead atoms. The van der Waals surface area contributed by atoms with E-state index >= 15 is 0 Å². The normalized spacial score (nSPS) is 11.4. The highest BCUT2D eigenvalue weighted by Crippen LogP contribution is 2.32.